The minimum Gasteiger partial charge on any atom is -0.310 e. The van der Waals surface area contributed by atoms with Crippen LogP contribution < -0.4 is 5.32 Å². The van der Waals surface area contributed by atoms with Gasteiger partial charge in [0.25, 0.3) is 0 Å². The van der Waals surface area contributed by atoms with Gasteiger partial charge in [0, 0.05) is 4.90 Å². The summed E-state index contributed by atoms with van der Waals surface area (Å²) in [6.07, 6.45) is 3.52. The lowest BCUT2D eigenvalue weighted by molar-refractivity contribution is -0.116. The minimum absolute atomic E-state index is 0.201. The molecule has 0 bridgehead atoms. The third kappa shape index (κ3) is 3.86. The Morgan fingerprint density at radius 2 is 2.35 bits per heavy atom. The molecule has 1 aliphatic rings. The van der Waals surface area contributed by atoms with E-state index in [0.717, 1.165) is 13.0 Å². The van der Waals surface area contributed by atoms with Crippen LogP contribution in [0.25, 0.3) is 0 Å². The lowest BCUT2D eigenvalue weighted by atomic mass is 10.0. The molecular formula is C14H19NOS. The molecule has 3 heteroatoms. The molecule has 0 aliphatic carbocycles. The molecule has 2 rings (SSSR count). The van der Waals surface area contributed by atoms with E-state index in [4.69, 9.17) is 0 Å². The fourth-order valence-electron chi connectivity index (χ4n) is 2.07. The lowest BCUT2D eigenvalue weighted by Gasteiger charge is -2.16. The van der Waals surface area contributed by atoms with Gasteiger partial charge in [0.2, 0.25) is 0 Å². The molecule has 0 atom stereocenters. The number of nitrogens with one attached hydrogen (secondary N) is 1. The molecule has 2 nitrogen and oxygen atoms in total. The van der Waals surface area contributed by atoms with E-state index in [-0.39, 0.29) is 5.78 Å². The monoisotopic (exact) mass is 249 g/mol. The quantitative estimate of drug-likeness (QED) is 0.813. The molecule has 0 unspecified atom stereocenters. The van der Waals surface area contributed by atoms with Gasteiger partial charge < -0.3 is 5.32 Å². The zero-order chi connectivity index (χ0) is 12.1. The lowest BCUT2D eigenvalue weighted by Crippen LogP contribution is -2.23. The van der Waals surface area contributed by atoms with Crippen LogP contribution in [0.3, 0.4) is 0 Å². The molecule has 0 aromatic heterocycles. The van der Waals surface area contributed by atoms with Crippen LogP contribution in [0.15, 0.2) is 23.1 Å². The third-order valence-corrected chi connectivity index (χ3v) is 4.14. The summed E-state index contributed by atoms with van der Waals surface area (Å²) in [4.78, 5) is 12.2. The highest BCUT2D eigenvalue weighted by molar-refractivity contribution is 7.99. The van der Waals surface area contributed by atoms with Gasteiger partial charge >= 0.3 is 0 Å². The number of rotatable bonds is 5. The Morgan fingerprint density at radius 3 is 3.18 bits per heavy atom. The molecule has 1 N–H and O–H groups in total. The van der Waals surface area contributed by atoms with Crippen molar-refractivity contribution in [3.05, 3.63) is 29.3 Å². The van der Waals surface area contributed by atoms with Crippen molar-refractivity contribution in [2.45, 2.75) is 31.1 Å². The Hall–Kier alpha value is -0.800. The highest BCUT2D eigenvalue weighted by Crippen LogP contribution is 2.30. The number of hydrogen-bond acceptors (Lipinski definition) is 3. The average molecular weight is 249 g/mol. The van der Waals surface area contributed by atoms with Crippen LogP contribution in [0.2, 0.25) is 0 Å². The molecule has 0 radical (unpaired) electrons. The zero-order valence-corrected chi connectivity index (χ0v) is 11.1. The van der Waals surface area contributed by atoms with Crippen molar-refractivity contribution in [1.82, 2.24) is 5.32 Å². The van der Waals surface area contributed by atoms with Crippen LogP contribution in [0, 0.1) is 0 Å². The van der Waals surface area contributed by atoms with E-state index < -0.39 is 0 Å². The number of fused-ring (bicyclic) bond motifs is 1. The Labute approximate surface area is 107 Å². The van der Waals surface area contributed by atoms with Crippen molar-refractivity contribution >= 4 is 17.5 Å². The number of benzene rings is 1. The van der Waals surface area contributed by atoms with Crippen LogP contribution in [0.5, 0.6) is 0 Å². The number of thioether (sulfide) groups is 1. The maximum absolute atomic E-state index is 10.8. The predicted molar refractivity (Wildman–Crippen MR) is 72.7 cm³/mol. The summed E-state index contributed by atoms with van der Waals surface area (Å²) in [6.45, 7) is 2.98. The first kappa shape index (κ1) is 12.7. The number of aryl methyl sites for hydroxylation is 1. The Bertz CT molecular complexity index is 403. The first-order valence-electron chi connectivity index (χ1n) is 6.20. The average Bonchev–Trinajstić information content (AvgIpc) is 2.34. The van der Waals surface area contributed by atoms with E-state index in [1.54, 1.807) is 6.92 Å². The summed E-state index contributed by atoms with van der Waals surface area (Å²) in [5, 5.41) is 3.16. The number of carbonyl (C=O) groups excluding carboxylic acids is 1. The highest BCUT2D eigenvalue weighted by Gasteiger charge is 2.09. The van der Waals surface area contributed by atoms with Crippen LogP contribution in [0.4, 0.5) is 0 Å². The Morgan fingerprint density at radius 1 is 1.47 bits per heavy atom. The van der Waals surface area contributed by atoms with Gasteiger partial charge in [0.1, 0.15) is 5.78 Å². The SMILES string of the molecule is CC(=O)CNCCc1ccc2c(c1)CCCS2. The maximum Gasteiger partial charge on any atom is 0.143 e. The molecule has 17 heavy (non-hydrogen) atoms. The smallest absolute Gasteiger partial charge is 0.143 e. The third-order valence-electron chi connectivity index (χ3n) is 2.94. The maximum atomic E-state index is 10.8. The van der Waals surface area contributed by atoms with Crippen LogP contribution in [-0.4, -0.2) is 24.6 Å². The molecular weight excluding hydrogens is 230 g/mol. The summed E-state index contributed by atoms with van der Waals surface area (Å²) < 4.78 is 0. The molecule has 0 spiro atoms. The second-order valence-corrected chi connectivity index (χ2v) is 5.66. The Kier molecular flexibility index (Phi) is 4.63. The molecule has 0 fully saturated rings. The van der Waals surface area contributed by atoms with Crippen molar-refractivity contribution < 1.29 is 4.79 Å². The van der Waals surface area contributed by atoms with Crippen molar-refractivity contribution in [3.8, 4) is 0 Å². The minimum atomic E-state index is 0.201. The number of ketones is 1. The van der Waals surface area contributed by atoms with Gasteiger partial charge in [-0.05, 0) is 55.7 Å². The van der Waals surface area contributed by atoms with Crippen molar-refractivity contribution in [3.63, 3.8) is 0 Å². The number of Topliss-reactive ketones (excluding diaryl/α,β-unsaturated/α-hetero) is 1. The largest absolute Gasteiger partial charge is 0.310 e. The van der Waals surface area contributed by atoms with Gasteiger partial charge in [-0.15, -0.1) is 11.8 Å². The first-order valence-corrected chi connectivity index (χ1v) is 7.19. The van der Waals surface area contributed by atoms with Gasteiger partial charge in [-0.25, -0.2) is 0 Å². The van der Waals surface area contributed by atoms with Gasteiger partial charge in [-0.3, -0.25) is 4.79 Å². The first-order chi connectivity index (χ1) is 8.25. The van der Waals surface area contributed by atoms with E-state index >= 15 is 0 Å². The molecule has 0 saturated heterocycles. The number of carbonyl (C=O) groups is 1. The zero-order valence-electron chi connectivity index (χ0n) is 10.3. The summed E-state index contributed by atoms with van der Waals surface area (Å²) in [7, 11) is 0. The van der Waals surface area contributed by atoms with E-state index in [1.165, 1.54) is 34.6 Å². The van der Waals surface area contributed by atoms with Crippen molar-refractivity contribution in [2.75, 3.05) is 18.8 Å². The summed E-state index contributed by atoms with van der Waals surface area (Å²) in [5.41, 5.74) is 2.88. The van der Waals surface area contributed by atoms with Gasteiger partial charge in [0.05, 0.1) is 6.54 Å². The van der Waals surface area contributed by atoms with E-state index in [0.29, 0.717) is 6.54 Å². The molecule has 1 heterocycles. The Balaban J connectivity index is 1.86. The van der Waals surface area contributed by atoms with E-state index in [1.807, 2.05) is 11.8 Å². The van der Waals surface area contributed by atoms with Gasteiger partial charge in [0.15, 0.2) is 0 Å². The summed E-state index contributed by atoms with van der Waals surface area (Å²) in [5.74, 6) is 1.46. The molecule has 1 aromatic carbocycles. The standard InChI is InChI=1S/C14H19NOS/c1-11(16)10-15-7-6-12-4-5-14-13(9-12)3-2-8-17-14/h4-5,9,15H,2-3,6-8,10H2,1H3. The molecule has 92 valence electrons. The van der Waals surface area contributed by atoms with Crippen molar-refractivity contribution in [1.29, 1.82) is 0 Å². The van der Waals surface area contributed by atoms with E-state index in [9.17, 15) is 4.79 Å². The second kappa shape index (κ2) is 6.22. The highest BCUT2D eigenvalue weighted by atomic mass is 32.2. The fourth-order valence-corrected chi connectivity index (χ4v) is 3.09. The molecule has 1 aliphatic heterocycles. The molecule has 0 saturated carbocycles. The van der Waals surface area contributed by atoms with Crippen LogP contribution in [0.1, 0.15) is 24.5 Å². The topological polar surface area (TPSA) is 29.1 Å². The van der Waals surface area contributed by atoms with E-state index in [2.05, 4.69) is 23.5 Å². The van der Waals surface area contributed by atoms with Crippen molar-refractivity contribution in [2.24, 2.45) is 0 Å². The molecule has 1 aromatic rings. The van der Waals surface area contributed by atoms with Gasteiger partial charge in [-0.1, -0.05) is 12.1 Å². The van der Waals surface area contributed by atoms with Crippen LogP contribution in [-0.2, 0) is 17.6 Å². The summed E-state index contributed by atoms with van der Waals surface area (Å²) in [6, 6.07) is 6.79. The number of hydrogen-bond donors (Lipinski definition) is 1. The second-order valence-electron chi connectivity index (χ2n) is 4.52. The predicted octanol–water partition coefficient (Wildman–Crippen LogP) is 2.45. The van der Waals surface area contributed by atoms with Gasteiger partial charge in [-0.2, -0.15) is 0 Å². The van der Waals surface area contributed by atoms with Crippen LogP contribution >= 0.6 is 11.8 Å². The fraction of sp³-hybridized carbons (Fsp3) is 0.500. The normalized spacial score (nSPS) is 14.4. The summed E-state index contributed by atoms with van der Waals surface area (Å²) >= 11 is 1.97. The molecule has 0 amide bonds.